The van der Waals surface area contributed by atoms with Gasteiger partial charge < -0.3 is 10.2 Å². The van der Waals surface area contributed by atoms with Crippen LogP contribution in [0.25, 0.3) is 11.2 Å². The minimum absolute atomic E-state index is 0.107. The fourth-order valence-electron chi connectivity index (χ4n) is 3.95. The third-order valence-corrected chi connectivity index (χ3v) is 5.68. The Morgan fingerprint density at radius 2 is 1.94 bits per heavy atom. The number of alkyl halides is 3. The molecular weight excluding hydrogens is 411 g/mol. The number of anilines is 1. The lowest BCUT2D eigenvalue weighted by Crippen LogP contribution is -2.42. The topological polar surface area (TPSA) is 72.2 Å². The Hall–Kier alpha value is -3.30. The Labute approximate surface area is 176 Å². The molecule has 1 aromatic carbocycles. The number of hydrogen-bond donors (Lipinski definition) is 1. The van der Waals surface area contributed by atoms with Crippen molar-refractivity contribution in [2.45, 2.75) is 25.6 Å². The molecule has 0 radical (unpaired) electrons. The third-order valence-electron chi connectivity index (χ3n) is 5.68. The van der Waals surface area contributed by atoms with Gasteiger partial charge in [0, 0.05) is 38.6 Å². The lowest BCUT2D eigenvalue weighted by Gasteiger charge is -2.32. The minimum atomic E-state index is -4.46. The van der Waals surface area contributed by atoms with Gasteiger partial charge in [-0.05, 0) is 49.1 Å². The lowest BCUT2D eigenvalue weighted by molar-refractivity contribution is -0.137. The third kappa shape index (κ3) is 4.28. The largest absolute Gasteiger partial charge is 0.416 e. The van der Waals surface area contributed by atoms with E-state index in [0.29, 0.717) is 38.1 Å². The van der Waals surface area contributed by atoms with Gasteiger partial charge >= 0.3 is 17.9 Å². The average molecular weight is 433 g/mol. The summed E-state index contributed by atoms with van der Waals surface area (Å²) in [6.07, 6.45) is -1.44. The fourth-order valence-corrected chi connectivity index (χ4v) is 3.95. The monoisotopic (exact) mass is 433 g/mol. The number of imidazole rings is 1. The maximum Gasteiger partial charge on any atom is 0.416 e. The normalized spacial score (nSPS) is 15.4. The number of carbonyl (C=O) groups excluding carboxylic acids is 1. The van der Waals surface area contributed by atoms with Crippen LogP contribution in [-0.2, 0) is 19.8 Å². The van der Waals surface area contributed by atoms with Crippen LogP contribution in [0.4, 0.5) is 23.7 Å². The number of pyridine rings is 1. The van der Waals surface area contributed by atoms with Gasteiger partial charge in [0.05, 0.1) is 11.1 Å². The second kappa shape index (κ2) is 8.09. The zero-order chi connectivity index (χ0) is 22.2. The zero-order valence-corrected chi connectivity index (χ0v) is 16.9. The van der Waals surface area contributed by atoms with Crippen molar-refractivity contribution < 1.29 is 18.0 Å². The number of aryl methyl sites for hydroxylation is 1. The number of nitrogens with one attached hydrogen (secondary N) is 1. The second-order valence-electron chi connectivity index (χ2n) is 7.74. The van der Waals surface area contributed by atoms with E-state index >= 15 is 0 Å². The average Bonchev–Trinajstić information content (AvgIpc) is 2.99. The van der Waals surface area contributed by atoms with Crippen molar-refractivity contribution in [3.8, 4) is 0 Å². The summed E-state index contributed by atoms with van der Waals surface area (Å²) in [5.74, 6) is 0.197. The molecule has 1 fully saturated rings. The van der Waals surface area contributed by atoms with Crippen LogP contribution in [0, 0.1) is 5.92 Å². The van der Waals surface area contributed by atoms with Crippen LogP contribution < -0.4 is 11.0 Å². The molecule has 1 saturated heterocycles. The molecule has 2 aromatic heterocycles. The molecule has 7 nitrogen and oxygen atoms in total. The molecule has 3 aromatic rings. The van der Waals surface area contributed by atoms with Gasteiger partial charge in [-0.25, -0.2) is 14.6 Å². The number of urea groups is 1. The number of nitrogens with zero attached hydrogens (tertiary/aromatic N) is 4. The SMILES string of the molecule is Cn1c(=O)n(CC2CCN(C(=O)Nc3cccc(C(F)(F)F)c3)CC2)c2ncccc21. The first-order valence-electron chi connectivity index (χ1n) is 9.97. The fraction of sp³-hybridized carbons (Fsp3) is 0.381. The van der Waals surface area contributed by atoms with E-state index in [0.717, 1.165) is 17.6 Å². The van der Waals surface area contributed by atoms with Crippen molar-refractivity contribution in [2.24, 2.45) is 13.0 Å². The highest BCUT2D eigenvalue weighted by molar-refractivity contribution is 5.89. The maximum absolute atomic E-state index is 12.9. The van der Waals surface area contributed by atoms with Gasteiger partial charge in [-0.1, -0.05) is 6.07 Å². The van der Waals surface area contributed by atoms with Crippen LogP contribution in [0.1, 0.15) is 18.4 Å². The molecule has 1 aliphatic rings. The number of halogens is 3. The summed E-state index contributed by atoms with van der Waals surface area (Å²) >= 11 is 0. The molecule has 3 heterocycles. The van der Waals surface area contributed by atoms with E-state index in [-0.39, 0.29) is 17.3 Å². The van der Waals surface area contributed by atoms with Crippen molar-refractivity contribution in [2.75, 3.05) is 18.4 Å². The predicted molar refractivity (Wildman–Crippen MR) is 110 cm³/mol. The number of likely N-dealkylation sites (tertiary alicyclic amines) is 1. The molecule has 31 heavy (non-hydrogen) atoms. The van der Waals surface area contributed by atoms with Gasteiger partial charge in [-0.15, -0.1) is 0 Å². The van der Waals surface area contributed by atoms with Crippen molar-refractivity contribution in [1.82, 2.24) is 19.0 Å². The Balaban J connectivity index is 1.38. The summed E-state index contributed by atoms with van der Waals surface area (Å²) in [5.41, 5.74) is 0.581. The molecule has 2 amide bonds. The van der Waals surface area contributed by atoms with E-state index in [9.17, 15) is 22.8 Å². The van der Waals surface area contributed by atoms with E-state index in [2.05, 4.69) is 10.3 Å². The Morgan fingerprint density at radius 1 is 1.19 bits per heavy atom. The van der Waals surface area contributed by atoms with E-state index in [4.69, 9.17) is 0 Å². The number of aromatic nitrogens is 3. The first-order chi connectivity index (χ1) is 14.7. The molecule has 1 N–H and O–H groups in total. The highest BCUT2D eigenvalue weighted by Crippen LogP contribution is 2.31. The van der Waals surface area contributed by atoms with Crippen LogP contribution in [-0.4, -0.2) is 38.1 Å². The number of carbonyl (C=O) groups is 1. The van der Waals surface area contributed by atoms with Gasteiger partial charge in [-0.3, -0.25) is 9.13 Å². The molecule has 0 spiro atoms. The van der Waals surface area contributed by atoms with E-state index in [1.807, 2.05) is 6.07 Å². The summed E-state index contributed by atoms with van der Waals surface area (Å²) < 4.78 is 41.8. The molecular formula is C21H22F3N5O2. The highest BCUT2D eigenvalue weighted by atomic mass is 19.4. The molecule has 164 valence electrons. The Bertz CT molecular complexity index is 1160. The van der Waals surface area contributed by atoms with Crippen LogP contribution >= 0.6 is 0 Å². The van der Waals surface area contributed by atoms with Crippen molar-refractivity contribution >= 4 is 22.9 Å². The van der Waals surface area contributed by atoms with Gasteiger partial charge in [0.2, 0.25) is 0 Å². The molecule has 0 saturated carbocycles. The Kier molecular flexibility index (Phi) is 5.47. The number of rotatable bonds is 3. The van der Waals surface area contributed by atoms with E-state index < -0.39 is 17.8 Å². The van der Waals surface area contributed by atoms with Crippen LogP contribution in [0.5, 0.6) is 0 Å². The first-order valence-corrected chi connectivity index (χ1v) is 9.97. The summed E-state index contributed by atoms with van der Waals surface area (Å²) in [6.45, 7) is 1.43. The Morgan fingerprint density at radius 3 is 2.65 bits per heavy atom. The molecule has 1 aliphatic heterocycles. The quantitative estimate of drug-likeness (QED) is 0.685. The van der Waals surface area contributed by atoms with Crippen LogP contribution in [0.2, 0.25) is 0 Å². The molecule has 0 unspecified atom stereocenters. The number of benzene rings is 1. The minimum Gasteiger partial charge on any atom is -0.325 e. The van der Waals surface area contributed by atoms with Gasteiger partial charge in [0.1, 0.15) is 0 Å². The number of hydrogen-bond acceptors (Lipinski definition) is 3. The van der Waals surface area contributed by atoms with E-state index in [1.165, 1.54) is 12.1 Å². The standard InChI is InChI=1S/C21H22F3N5O2/c1-27-17-6-3-9-25-18(17)29(20(27)31)13-14-7-10-28(11-8-14)19(30)26-16-5-2-4-15(12-16)21(22,23)24/h2-6,9,12,14H,7-8,10-11,13H2,1H3,(H,26,30). The number of piperidine rings is 1. The maximum atomic E-state index is 12.9. The molecule has 0 bridgehead atoms. The molecule has 0 atom stereocenters. The smallest absolute Gasteiger partial charge is 0.325 e. The summed E-state index contributed by atoms with van der Waals surface area (Å²) in [4.78, 5) is 31.0. The molecule has 10 heteroatoms. The highest BCUT2D eigenvalue weighted by Gasteiger charge is 2.31. The molecule has 0 aliphatic carbocycles. The van der Waals surface area contributed by atoms with Crippen molar-refractivity contribution in [1.29, 1.82) is 0 Å². The van der Waals surface area contributed by atoms with Crippen molar-refractivity contribution in [3.63, 3.8) is 0 Å². The summed E-state index contributed by atoms with van der Waals surface area (Å²) in [7, 11) is 1.71. The second-order valence-corrected chi connectivity index (χ2v) is 7.74. The summed E-state index contributed by atoms with van der Waals surface area (Å²) in [6, 6.07) is 7.78. The lowest BCUT2D eigenvalue weighted by atomic mass is 9.97. The number of fused-ring (bicyclic) bond motifs is 1. The van der Waals surface area contributed by atoms with E-state index in [1.54, 1.807) is 33.3 Å². The zero-order valence-electron chi connectivity index (χ0n) is 16.9. The summed E-state index contributed by atoms with van der Waals surface area (Å²) in [5, 5.41) is 2.54. The van der Waals surface area contributed by atoms with Gasteiger partial charge in [0.15, 0.2) is 5.65 Å². The van der Waals surface area contributed by atoms with Crippen LogP contribution in [0.3, 0.4) is 0 Å². The predicted octanol–water partition coefficient (Wildman–Crippen LogP) is 3.70. The van der Waals surface area contributed by atoms with Gasteiger partial charge in [0.25, 0.3) is 0 Å². The van der Waals surface area contributed by atoms with Gasteiger partial charge in [-0.2, -0.15) is 13.2 Å². The van der Waals surface area contributed by atoms with Crippen molar-refractivity contribution in [3.05, 3.63) is 58.6 Å². The van der Waals surface area contributed by atoms with Crippen LogP contribution in [0.15, 0.2) is 47.4 Å². The first kappa shape index (κ1) is 21.0. The number of amides is 2. The molecule has 4 rings (SSSR count).